The van der Waals surface area contributed by atoms with E-state index in [1.807, 2.05) is 14.1 Å². The molecule has 0 aliphatic carbocycles. The van der Waals surface area contributed by atoms with Gasteiger partial charge in [-0.05, 0) is 14.1 Å². The molecule has 1 saturated heterocycles. The number of hydrogen-bond donors (Lipinski definition) is 2. The molecule has 0 amide bonds. The average molecular weight is 245 g/mol. The van der Waals surface area contributed by atoms with Gasteiger partial charge in [-0.25, -0.2) is 0 Å². The first-order valence-corrected chi connectivity index (χ1v) is 5.70. The molecule has 0 radical (unpaired) electrons. The van der Waals surface area contributed by atoms with Crippen molar-refractivity contribution in [2.45, 2.75) is 12.1 Å². The van der Waals surface area contributed by atoms with E-state index >= 15 is 0 Å². The molecule has 1 aliphatic rings. The topological polar surface area (TPSA) is 53.3 Å². The summed E-state index contributed by atoms with van der Waals surface area (Å²) >= 11 is 6.07. The summed E-state index contributed by atoms with van der Waals surface area (Å²) in [5.74, 6) is 0. The minimum absolute atomic E-state index is 0.542. The Balaban J connectivity index is 2.19. The zero-order chi connectivity index (χ0) is 11.8. The second-order valence-electron chi connectivity index (χ2n) is 4.50. The Bertz CT molecular complexity index is 373. The summed E-state index contributed by atoms with van der Waals surface area (Å²) in [6, 6.07) is 0. The molecule has 90 valence electrons. The Morgan fingerprint density at radius 1 is 1.62 bits per heavy atom. The Morgan fingerprint density at radius 3 is 2.81 bits per heavy atom. The molecular weight excluding hydrogens is 228 g/mol. The molecule has 1 fully saturated rings. The highest BCUT2D eigenvalue weighted by Gasteiger charge is 2.41. The SMILES string of the molecule is CN(C)CCn1ncc(Cl)c1C1(O)CNC1. The van der Waals surface area contributed by atoms with Crippen molar-refractivity contribution in [3.63, 3.8) is 0 Å². The van der Waals surface area contributed by atoms with Crippen molar-refractivity contribution in [1.82, 2.24) is 20.0 Å². The minimum atomic E-state index is -0.847. The van der Waals surface area contributed by atoms with Crippen LogP contribution in [-0.4, -0.2) is 53.5 Å². The van der Waals surface area contributed by atoms with Crippen molar-refractivity contribution in [3.05, 3.63) is 16.9 Å². The van der Waals surface area contributed by atoms with Crippen molar-refractivity contribution in [2.24, 2.45) is 0 Å². The van der Waals surface area contributed by atoms with Crippen LogP contribution < -0.4 is 5.32 Å². The molecule has 0 bridgehead atoms. The predicted molar refractivity (Wildman–Crippen MR) is 62.6 cm³/mol. The van der Waals surface area contributed by atoms with Gasteiger partial charge >= 0.3 is 0 Å². The Morgan fingerprint density at radius 2 is 2.31 bits per heavy atom. The summed E-state index contributed by atoms with van der Waals surface area (Å²) in [5.41, 5.74) is -0.116. The van der Waals surface area contributed by atoms with Crippen LogP contribution in [0.15, 0.2) is 6.20 Å². The van der Waals surface area contributed by atoms with Gasteiger partial charge in [-0.1, -0.05) is 11.6 Å². The van der Waals surface area contributed by atoms with E-state index in [-0.39, 0.29) is 0 Å². The summed E-state index contributed by atoms with van der Waals surface area (Å²) in [4.78, 5) is 2.07. The fourth-order valence-electron chi connectivity index (χ4n) is 1.82. The molecule has 5 nitrogen and oxygen atoms in total. The minimum Gasteiger partial charge on any atom is -0.381 e. The third kappa shape index (κ3) is 2.08. The normalized spacial score (nSPS) is 18.8. The van der Waals surface area contributed by atoms with Crippen LogP contribution in [0.2, 0.25) is 5.02 Å². The van der Waals surface area contributed by atoms with E-state index < -0.39 is 5.60 Å². The van der Waals surface area contributed by atoms with Crippen molar-refractivity contribution < 1.29 is 5.11 Å². The van der Waals surface area contributed by atoms with Gasteiger partial charge < -0.3 is 15.3 Å². The number of nitrogens with one attached hydrogen (secondary N) is 1. The number of aromatic nitrogens is 2. The lowest BCUT2D eigenvalue weighted by atomic mass is 9.93. The fraction of sp³-hybridized carbons (Fsp3) is 0.700. The summed E-state index contributed by atoms with van der Waals surface area (Å²) in [5, 5.41) is 18.1. The average Bonchev–Trinajstić information content (AvgIpc) is 2.53. The predicted octanol–water partition coefficient (Wildman–Crippen LogP) is -0.111. The summed E-state index contributed by atoms with van der Waals surface area (Å²) < 4.78 is 1.79. The zero-order valence-electron chi connectivity index (χ0n) is 9.57. The number of hydrogen-bond acceptors (Lipinski definition) is 4. The van der Waals surface area contributed by atoms with Gasteiger partial charge in [0.2, 0.25) is 0 Å². The van der Waals surface area contributed by atoms with Gasteiger partial charge in [-0.15, -0.1) is 0 Å². The van der Waals surface area contributed by atoms with Gasteiger partial charge in [0.15, 0.2) is 0 Å². The molecule has 0 aromatic carbocycles. The van der Waals surface area contributed by atoms with E-state index in [0.29, 0.717) is 18.1 Å². The maximum atomic E-state index is 10.3. The molecule has 2 heterocycles. The highest BCUT2D eigenvalue weighted by Crippen LogP contribution is 2.31. The van der Waals surface area contributed by atoms with Crippen LogP contribution in [0.3, 0.4) is 0 Å². The summed E-state index contributed by atoms with van der Waals surface area (Å²) in [6.45, 7) is 2.69. The molecule has 2 N–H and O–H groups in total. The number of aliphatic hydroxyl groups is 1. The van der Waals surface area contributed by atoms with Gasteiger partial charge in [0.1, 0.15) is 5.60 Å². The highest BCUT2D eigenvalue weighted by atomic mass is 35.5. The van der Waals surface area contributed by atoms with Crippen molar-refractivity contribution in [1.29, 1.82) is 0 Å². The molecule has 0 spiro atoms. The molecule has 0 saturated carbocycles. The van der Waals surface area contributed by atoms with E-state index in [1.165, 1.54) is 0 Å². The summed E-state index contributed by atoms with van der Waals surface area (Å²) in [7, 11) is 4.01. The Kier molecular flexibility index (Phi) is 3.21. The highest BCUT2D eigenvalue weighted by molar-refractivity contribution is 6.31. The van der Waals surface area contributed by atoms with Gasteiger partial charge in [0, 0.05) is 19.6 Å². The monoisotopic (exact) mass is 244 g/mol. The molecule has 0 atom stereocenters. The van der Waals surface area contributed by atoms with Crippen LogP contribution >= 0.6 is 11.6 Å². The maximum Gasteiger partial charge on any atom is 0.132 e. The van der Waals surface area contributed by atoms with Crippen LogP contribution in [0.25, 0.3) is 0 Å². The second kappa shape index (κ2) is 4.33. The van der Waals surface area contributed by atoms with Gasteiger partial charge in [0.25, 0.3) is 0 Å². The lowest BCUT2D eigenvalue weighted by Crippen LogP contribution is -2.57. The van der Waals surface area contributed by atoms with E-state index in [4.69, 9.17) is 11.6 Å². The van der Waals surface area contributed by atoms with Gasteiger partial charge in [-0.2, -0.15) is 5.10 Å². The van der Waals surface area contributed by atoms with Gasteiger partial charge in [0.05, 0.1) is 23.5 Å². The molecule has 6 heteroatoms. The molecule has 1 aromatic rings. The first kappa shape index (κ1) is 11.9. The van der Waals surface area contributed by atoms with Crippen LogP contribution in [0.1, 0.15) is 5.69 Å². The van der Waals surface area contributed by atoms with E-state index in [2.05, 4.69) is 15.3 Å². The van der Waals surface area contributed by atoms with Crippen LogP contribution in [0, 0.1) is 0 Å². The first-order valence-electron chi connectivity index (χ1n) is 5.32. The second-order valence-corrected chi connectivity index (χ2v) is 4.91. The standard InChI is InChI=1S/C10H17ClN4O/c1-14(2)3-4-15-9(8(11)5-13-15)10(16)6-12-7-10/h5,12,16H,3-4,6-7H2,1-2H3. The molecule has 1 aromatic heterocycles. The quantitative estimate of drug-likeness (QED) is 0.776. The number of rotatable bonds is 4. The van der Waals surface area contributed by atoms with E-state index in [1.54, 1.807) is 10.9 Å². The largest absolute Gasteiger partial charge is 0.381 e. The third-order valence-electron chi connectivity index (χ3n) is 2.83. The molecule has 16 heavy (non-hydrogen) atoms. The molecule has 1 aliphatic heterocycles. The maximum absolute atomic E-state index is 10.3. The van der Waals surface area contributed by atoms with Crippen LogP contribution in [0.5, 0.6) is 0 Å². The zero-order valence-corrected chi connectivity index (χ0v) is 10.3. The smallest absolute Gasteiger partial charge is 0.132 e. The van der Waals surface area contributed by atoms with Crippen LogP contribution in [0.4, 0.5) is 0 Å². The Labute approximate surface area is 100.0 Å². The number of halogens is 1. The number of β-amino-alcohol motifs (C(OH)–C–C–N with tert-alkyl or cyclic N) is 1. The lowest BCUT2D eigenvalue weighted by Gasteiger charge is -2.38. The van der Waals surface area contributed by atoms with Crippen molar-refractivity contribution in [2.75, 3.05) is 33.7 Å². The molecule has 0 unspecified atom stereocenters. The molecular formula is C10H17ClN4O. The molecule has 2 rings (SSSR count). The summed E-state index contributed by atoms with van der Waals surface area (Å²) in [6.07, 6.45) is 1.60. The van der Waals surface area contributed by atoms with E-state index in [0.717, 1.165) is 18.8 Å². The van der Waals surface area contributed by atoms with Crippen molar-refractivity contribution in [3.8, 4) is 0 Å². The lowest BCUT2D eigenvalue weighted by molar-refractivity contribution is -0.0226. The van der Waals surface area contributed by atoms with Gasteiger partial charge in [-0.3, -0.25) is 4.68 Å². The number of nitrogens with zero attached hydrogens (tertiary/aromatic N) is 3. The Hall–Kier alpha value is -0.620. The number of likely N-dealkylation sites (N-methyl/N-ethyl adjacent to an activating group) is 1. The first-order chi connectivity index (χ1) is 7.53. The fourth-order valence-corrected chi connectivity index (χ4v) is 2.14. The van der Waals surface area contributed by atoms with Crippen molar-refractivity contribution >= 4 is 11.6 Å². The third-order valence-corrected chi connectivity index (χ3v) is 3.11. The van der Waals surface area contributed by atoms with Crippen LogP contribution in [-0.2, 0) is 12.1 Å². The van der Waals surface area contributed by atoms with E-state index in [9.17, 15) is 5.11 Å².